The molecule has 0 saturated heterocycles. The summed E-state index contributed by atoms with van der Waals surface area (Å²) in [6.45, 7) is 2.27. The second-order valence-electron chi connectivity index (χ2n) is 6.59. The lowest BCUT2D eigenvalue weighted by molar-refractivity contribution is 0.527. The maximum absolute atomic E-state index is 9.06. The van der Waals surface area contributed by atoms with Crippen LogP contribution in [-0.4, -0.2) is 23.9 Å². The zero-order chi connectivity index (χ0) is 17.4. The summed E-state index contributed by atoms with van der Waals surface area (Å²) >= 11 is 18.0. The minimum Gasteiger partial charge on any atom is -0.429 e. The Morgan fingerprint density at radius 3 is 1.43 bits per heavy atom. The van der Waals surface area contributed by atoms with Crippen LogP contribution < -0.4 is 0 Å². The quantitative estimate of drug-likeness (QED) is 0.155. The van der Waals surface area contributed by atoms with E-state index in [0.29, 0.717) is 0 Å². The third-order valence-corrected chi connectivity index (χ3v) is 6.99. The van der Waals surface area contributed by atoms with Gasteiger partial charge in [-0.3, -0.25) is 0 Å². The van der Waals surface area contributed by atoms with E-state index < -0.39 is 13.7 Å². The average Bonchev–Trinajstić information content (AvgIpc) is 2.54. The highest BCUT2D eigenvalue weighted by Crippen LogP contribution is 2.31. The summed E-state index contributed by atoms with van der Waals surface area (Å²) in [4.78, 5) is 9.06. The molecule has 138 valence electrons. The molecule has 0 saturated carbocycles. The molecule has 0 aliphatic carbocycles. The lowest BCUT2D eigenvalue weighted by Gasteiger charge is -2.21. The van der Waals surface area contributed by atoms with Gasteiger partial charge in [0.1, 0.15) is 0 Å². The van der Waals surface area contributed by atoms with Gasteiger partial charge in [-0.25, -0.2) is 0 Å². The van der Waals surface area contributed by atoms with Gasteiger partial charge in [-0.1, -0.05) is 96.8 Å². The van der Waals surface area contributed by atoms with Crippen LogP contribution in [0.3, 0.4) is 0 Å². The molecule has 0 aromatic carbocycles. The molecule has 0 fully saturated rings. The van der Waals surface area contributed by atoms with Crippen LogP contribution in [0.1, 0.15) is 103 Å². The number of hydrogen-bond donors (Lipinski definition) is 1. The third-order valence-electron chi connectivity index (χ3n) is 4.35. The number of halogens is 3. The fourth-order valence-electron chi connectivity index (χ4n) is 2.77. The summed E-state index contributed by atoms with van der Waals surface area (Å²) in [6.07, 6.45) is 19.6. The zero-order valence-electron chi connectivity index (χ0n) is 14.8. The van der Waals surface area contributed by atoms with Gasteiger partial charge in [0, 0.05) is 0 Å². The molecule has 0 heterocycles. The fourth-order valence-corrected chi connectivity index (χ4v) is 3.57. The molecule has 0 aliphatic heterocycles. The molecular formula is C18H35Cl3OSi. The molecule has 0 amide bonds. The first-order chi connectivity index (χ1) is 11.0. The maximum Gasteiger partial charge on any atom is 0.268 e. The molecule has 2 radical (unpaired) electrons. The van der Waals surface area contributed by atoms with Gasteiger partial charge < -0.3 is 4.80 Å². The maximum atomic E-state index is 9.06. The van der Waals surface area contributed by atoms with E-state index in [4.69, 9.17) is 39.6 Å². The van der Waals surface area contributed by atoms with Crippen molar-refractivity contribution >= 4 is 44.6 Å². The molecule has 0 rings (SSSR count). The SMILES string of the molecule is CCCCCCCCCCCCCCCCC(Cl)C(Cl)(Cl)[Si]O. The molecule has 0 bridgehead atoms. The lowest BCUT2D eigenvalue weighted by atomic mass is 10.0. The summed E-state index contributed by atoms with van der Waals surface area (Å²) in [5.41, 5.74) is 0. The van der Waals surface area contributed by atoms with Crippen molar-refractivity contribution in [2.24, 2.45) is 0 Å². The molecule has 1 unspecified atom stereocenters. The topological polar surface area (TPSA) is 20.2 Å². The van der Waals surface area contributed by atoms with E-state index >= 15 is 0 Å². The Hall–Kier alpha value is 1.05. The second-order valence-corrected chi connectivity index (χ2v) is 10.1. The highest BCUT2D eigenvalue weighted by atomic mass is 35.5. The molecular weight excluding hydrogens is 367 g/mol. The van der Waals surface area contributed by atoms with Crippen molar-refractivity contribution < 1.29 is 4.80 Å². The van der Waals surface area contributed by atoms with E-state index in [0.717, 1.165) is 12.8 Å². The molecule has 0 aromatic rings. The first-order valence-corrected chi connectivity index (χ1v) is 11.6. The van der Waals surface area contributed by atoms with Crippen molar-refractivity contribution in [3.63, 3.8) is 0 Å². The van der Waals surface area contributed by atoms with Crippen molar-refractivity contribution in [3.8, 4) is 0 Å². The fraction of sp³-hybridized carbons (Fsp3) is 1.00. The van der Waals surface area contributed by atoms with Crippen molar-refractivity contribution in [1.82, 2.24) is 0 Å². The Kier molecular flexibility index (Phi) is 17.3. The Balaban J connectivity index is 3.19. The van der Waals surface area contributed by atoms with E-state index in [1.54, 1.807) is 0 Å². The zero-order valence-corrected chi connectivity index (χ0v) is 18.0. The van der Waals surface area contributed by atoms with Crippen LogP contribution in [0.25, 0.3) is 0 Å². The molecule has 1 nitrogen and oxygen atoms in total. The highest BCUT2D eigenvalue weighted by molar-refractivity contribution is 6.72. The van der Waals surface area contributed by atoms with Gasteiger partial charge in [-0.2, -0.15) is 0 Å². The monoisotopic (exact) mass is 400 g/mol. The standard InChI is InChI=1S/C18H35Cl3OSi/c1-2-3-4-5-6-7-8-9-10-11-12-13-14-15-16-17(19)18(20,21)23-22/h17,22H,2-16H2,1H3. The van der Waals surface area contributed by atoms with Gasteiger partial charge in [0.15, 0.2) is 3.96 Å². The van der Waals surface area contributed by atoms with E-state index in [1.165, 1.54) is 83.5 Å². The minimum atomic E-state index is -1.17. The Bertz CT molecular complexity index is 252. The van der Waals surface area contributed by atoms with Gasteiger partial charge in [0.25, 0.3) is 9.76 Å². The summed E-state index contributed by atoms with van der Waals surface area (Å²) in [6, 6.07) is 0. The van der Waals surface area contributed by atoms with Crippen molar-refractivity contribution in [2.75, 3.05) is 0 Å². The third kappa shape index (κ3) is 15.0. The molecule has 0 aromatic heterocycles. The predicted molar refractivity (Wildman–Crippen MR) is 107 cm³/mol. The molecule has 5 heteroatoms. The van der Waals surface area contributed by atoms with Crippen molar-refractivity contribution in [1.29, 1.82) is 0 Å². The smallest absolute Gasteiger partial charge is 0.268 e. The number of alkyl halides is 3. The van der Waals surface area contributed by atoms with Crippen LogP contribution in [0.4, 0.5) is 0 Å². The number of unbranched alkanes of at least 4 members (excludes halogenated alkanes) is 13. The van der Waals surface area contributed by atoms with Crippen LogP contribution in [0.15, 0.2) is 0 Å². The van der Waals surface area contributed by atoms with Crippen LogP contribution in [0.2, 0.25) is 0 Å². The van der Waals surface area contributed by atoms with Gasteiger partial charge in [-0.15, -0.1) is 34.8 Å². The number of rotatable bonds is 17. The van der Waals surface area contributed by atoms with E-state index in [9.17, 15) is 0 Å². The van der Waals surface area contributed by atoms with E-state index in [2.05, 4.69) is 6.92 Å². The largest absolute Gasteiger partial charge is 0.429 e. The first-order valence-electron chi connectivity index (χ1n) is 9.47. The van der Waals surface area contributed by atoms with Crippen LogP contribution in [-0.2, 0) is 0 Å². The molecule has 1 N–H and O–H groups in total. The van der Waals surface area contributed by atoms with Gasteiger partial charge >= 0.3 is 0 Å². The van der Waals surface area contributed by atoms with Gasteiger partial charge in [0.05, 0.1) is 5.38 Å². The molecule has 1 atom stereocenters. The van der Waals surface area contributed by atoms with E-state index in [1.807, 2.05) is 0 Å². The summed E-state index contributed by atoms with van der Waals surface area (Å²) in [5, 5.41) is -0.355. The average molecular weight is 402 g/mol. The number of hydrogen-bond acceptors (Lipinski definition) is 1. The van der Waals surface area contributed by atoms with Crippen LogP contribution in [0.5, 0.6) is 0 Å². The highest BCUT2D eigenvalue weighted by Gasteiger charge is 2.33. The Morgan fingerprint density at radius 1 is 0.739 bits per heavy atom. The van der Waals surface area contributed by atoms with E-state index in [-0.39, 0.29) is 5.38 Å². The second kappa shape index (κ2) is 16.5. The summed E-state index contributed by atoms with van der Waals surface area (Å²) in [5.74, 6) is 0. The normalized spacial score (nSPS) is 13.4. The molecule has 0 aliphatic rings. The van der Waals surface area contributed by atoms with Crippen LogP contribution >= 0.6 is 34.8 Å². The van der Waals surface area contributed by atoms with Gasteiger partial charge in [0.2, 0.25) is 0 Å². The predicted octanol–water partition coefficient (Wildman–Crippen LogP) is 7.21. The first kappa shape index (κ1) is 24.0. The summed E-state index contributed by atoms with van der Waals surface area (Å²) < 4.78 is -1.17. The van der Waals surface area contributed by atoms with Crippen molar-refractivity contribution in [2.45, 2.75) is 113 Å². The Morgan fingerprint density at radius 2 is 1.09 bits per heavy atom. The molecule has 23 heavy (non-hydrogen) atoms. The van der Waals surface area contributed by atoms with Crippen LogP contribution in [0, 0.1) is 0 Å². The Labute approximate surface area is 161 Å². The minimum absolute atomic E-state index is 0.355. The van der Waals surface area contributed by atoms with Gasteiger partial charge in [-0.05, 0) is 6.42 Å². The van der Waals surface area contributed by atoms with Crippen molar-refractivity contribution in [3.05, 3.63) is 0 Å². The molecule has 0 spiro atoms. The lowest BCUT2D eigenvalue weighted by Crippen LogP contribution is -2.33. The summed E-state index contributed by atoms with van der Waals surface area (Å²) in [7, 11) is -0.525.